The lowest BCUT2D eigenvalue weighted by atomic mass is 10.4. The topological polar surface area (TPSA) is 75.2 Å². The third-order valence-electron chi connectivity index (χ3n) is 2.59. The Labute approximate surface area is 98.7 Å². The summed E-state index contributed by atoms with van der Waals surface area (Å²) in [6.07, 6.45) is 0. The van der Waals surface area contributed by atoms with Crippen molar-refractivity contribution in [1.29, 1.82) is 0 Å². The molecule has 1 N–H and O–H groups in total. The molecule has 0 atom stereocenters. The first kappa shape index (κ1) is 11.7. The van der Waals surface area contributed by atoms with Gasteiger partial charge in [0.1, 0.15) is 10.7 Å². The van der Waals surface area contributed by atoms with Crippen molar-refractivity contribution in [3.05, 3.63) is 5.69 Å². The number of nitrogens with zero attached hydrogens (tertiary/aromatic N) is 3. The second-order valence-electron chi connectivity index (χ2n) is 3.73. The van der Waals surface area contributed by atoms with Crippen LogP contribution in [0, 0.1) is 0 Å². The van der Waals surface area contributed by atoms with Gasteiger partial charge in [0.05, 0.1) is 11.5 Å². The molecule has 0 unspecified atom stereocenters. The maximum Gasteiger partial charge on any atom is 0.152 e. The van der Waals surface area contributed by atoms with E-state index in [1.54, 1.807) is 0 Å². The molecule has 1 aromatic heterocycles. The van der Waals surface area contributed by atoms with Gasteiger partial charge in [-0.2, -0.15) is 0 Å². The van der Waals surface area contributed by atoms with E-state index in [1.807, 2.05) is 7.05 Å². The fraction of sp³-hybridized carbons (Fsp3) is 0.750. The normalized spacial score (nSPS) is 20.8. The van der Waals surface area contributed by atoms with Crippen LogP contribution in [0.3, 0.4) is 0 Å². The predicted octanol–water partition coefficient (Wildman–Crippen LogP) is -0.190. The van der Waals surface area contributed by atoms with Gasteiger partial charge >= 0.3 is 0 Å². The molecule has 0 radical (unpaired) electrons. The molecule has 0 bridgehead atoms. The van der Waals surface area contributed by atoms with Crippen LogP contribution in [-0.4, -0.2) is 54.5 Å². The Morgan fingerprint density at radius 2 is 2.12 bits per heavy atom. The van der Waals surface area contributed by atoms with E-state index in [4.69, 9.17) is 0 Å². The molecule has 0 spiro atoms. The number of sulfone groups is 1. The maximum atomic E-state index is 11.3. The largest absolute Gasteiger partial charge is 0.377 e. The monoisotopic (exact) mass is 262 g/mol. The van der Waals surface area contributed by atoms with Crippen molar-refractivity contribution >= 4 is 26.4 Å². The van der Waals surface area contributed by atoms with E-state index in [0.717, 1.165) is 10.7 Å². The quantitative estimate of drug-likeness (QED) is 0.814. The first-order chi connectivity index (χ1) is 7.61. The second-order valence-corrected chi connectivity index (χ2v) is 6.78. The first-order valence-corrected chi connectivity index (χ1v) is 7.62. The summed E-state index contributed by atoms with van der Waals surface area (Å²) in [6.45, 7) is 1.84. The van der Waals surface area contributed by atoms with Crippen molar-refractivity contribution in [3.63, 3.8) is 0 Å². The fourth-order valence-electron chi connectivity index (χ4n) is 1.62. The average molecular weight is 262 g/mol. The van der Waals surface area contributed by atoms with Crippen LogP contribution in [0.5, 0.6) is 0 Å². The molecule has 0 saturated carbocycles. The zero-order chi connectivity index (χ0) is 11.6. The summed E-state index contributed by atoms with van der Waals surface area (Å²) in [4.78, 5) is 2.10. The smallest absolute Gasteiger partial charge is 0.152 e. The molecule has 0 aromatic carbocycles. The minimum Gasteiger partial charge on any atom is -0.377 e. The minimum absolute atomic E-state index is 0.249. The summed E-state index contributed by atoms with van der Waals surface area (Å²) >= 11 is 1.32. The van der Waals surface area contributed by atoms with E-state index in [2.05, 4.69) is 19.8 Å². The molecule has 2 rings (SSSR count). The molecule has 2 heterocycles. The SMILES string of the molecule is CNc1snnc1CN1CCS(=O)(=O)CC1. The van der Waals surface area contributed by atoms with E-state index >= 15 is 0 Å². The van der Waals surface area contributed by atoms with Gasteiger partial charge in [0.25, 0.3) is 0 Å². The number of nitrogens with one attached hydrogen (secondary N) is 1. The standard InChI is InChI=1S/C8H14N4O2S2/c1-9-8-7(10-11-15-8)6-12-2-4-16(13,14)5-3-12/h9H,2-6H2,1H3. The van der Waals surface area contributed by atoms with Crippen LogP contribution in [0.15, 0.2) is 0 Å². The van der Waals surface area contributed by atoms with E-state index < -0.39 is 9.84 Å². The molecule has 6 nitrogen and oxygen atoms in total. The van der Waals surface area contributed by atoms with E-state index in [0.29, 0.717) is 19.6 Å². The third kappa shape index (κ3) is 2.69. The summed E-state index contributed by atoms with van der Waals surface area (Å²) < 4.78 is 26.4. The Hall–Kier alpha value is -0.730. The number of aromatic nitrogens is 2. The lowest BCUT2D eigenvalue weighted by molar-refractivity contribution is 0.284. The molecule has 8 heteroatoms. The molecular formula is C8H14N4O2S2. The molecule has 90 valence electrons. The van der Waals surface area contributed by atoms with Crippen molar-refractivity contribution in [3.8, 4) is 0 Å². The summed E-state index contributed by atoms with van der Waals surface area (Å²) in [5, 5.41) is 8.01. The fourth-order valence-corrected chi connectivity index (χ4v) is 3.42. The number of hydrogen-bond acceptors (Lipinski definition) is 7. The van der Waals surface area contributed by atoms with Crippen molar-refractivity contribution in [2.24, 2.45) is 0 Å². The molecule has 0 amide bonds. The second kappa shape index (κ2) is 4.64. The zero-order valence-corrected chi connectivity index (χ0v) is 10.6. The van der Waals surface area contributed by atoms with Crippen molar-refractivity contribution in [1.82, 2.24) is 14.5 Å². The highest BCUT2D eigenvalue weighted by Gasteiger charge is 2.22. The molecule has 1 saturated heterocycles. The van der Waals surface area contributed by atoms with Gasteiger partial charge < -0.3 is 5.32 Å². The van der Waals surface area contributed by atoms with Crippen LogP contribution in [0.4, 0.5) is 5.00 Å². The Bertz CT molecular complexity index is 442. The van der Waals surface area contributed by atoms with E-state index in [9.17, 15) is 8.42 Å². The van der Waals surface area contributed by atoms with Crippen LogP contribution in [0.25, 0.3) is 0 Å². The molecule has 16 heavy (non-hydrogen) atoms. The lowest BCUT2D eigenvalue weighted by Crippen LogP contribution is -2.39. The predicted molar refractivity (Wildman–Crippen MR) is 63.4 cm³/mol. The summed E-state index contributed by atoms with van der Waals surface area (Å²) in [7, 11) is -0.968. The van der Waals surface area contributed by atoms with Crippen molar-refractivity contribution < 1.29 is 8.42 Å². The zero-order valence-electron chi connectivity index (χ0n) is 9.01. The highest BCUT2D eigenvalue weighted by atomic mass is 32.2. The summed E-state index contributed by atoms with van der Waals surface area (Å²) in [5.74, 6) is 0.499. The van der Waals surface area contributed by atoms with Crippen molar-refractivity contribution in [2.45, 2.75) is 6.54 Å². The number of anilines is 1. The Balaban J connectivity index is 1.97. The molecule has 0 aliphatic carbocycles. The Morgan fingerprint density at radius 3 is 2.75 bits per heavy atom. The van der Waals surface area contributed by atoms with Crippen LogP contribution in [-0.2, 0) is 16.4 Å². The molecule has 1 aliphatic heterocycles. The highest BCUT2D eigenvalue weighted by Crippen LogP contribution is 2.19. The Morgan fingerprint density at radius 1 is 1.44 bits per heavy atom. The van der Waals surface area contributed by atoms with Gasteiger partial charge in [0, 0.05) is 38.2 Å². The van der Waals surface area contributed by atoms with E-state index in [-0.39, 0.29) is 11.5 Å². The Kier molecular flexibility index (Phi) is 3.41. The molecular weight excluding hydrogens is 248 g/mol. The van der Waals surface area contributed by atoms with Gasteiger partial charge in [-0.05, 0) is 0 Å². The van der Waals surface area contributed by atoms with Crippen LogP contribution in [0.1, 0.15) is 5.69 Å². The van der Waals surface area contributed by atoms with Crippen molar-refractivity contribution in [2.75, 3.05) is 37.0 Å². The molecule has 1 aromatic rings. The van der Waals surface area contributed by atoms with Gasteiger partial charge in [-0.1, -0.05) is 4.49 Å². The van der Waals surface area contributed by atoms with Gasteiger partial charge in [-0.3, -0.25) is 4.90 Å². The first-order valence-electron chi connectivity index (χ1n) is 5.02. The summed E-state index contributed by atoms with van der Waals surface area (Å²) in [5.41, 5.74) is 0.895. The van der Waals surface area contributed by atoms with Gasteiger partial charge in [-0.15, -0.1) is 5.10 Å². The van der Waals surface area contributed by atoms with E-state index in [1.165, 1.54) is 11.5 Å². The lowest BCUT2D eigenvalue weighted by Gasteiger charge is -2.25. The number of rotatable bonds is 3. The molecule has 1 aliphatic rings. The third-order valence-corrected chi connectivity index (χ3v) is 4.99. The maximum absolute atomic E-state index is 11.3. The van der Waals surface area contributed by atoms with Crippen LogP contribution >= 0.6 is 11.5 Å². The van der Waals surface area contributed by atoms with Gasteiger partial charge in [0.2, 0.25) is 0 Å². The average Bonchev–Trinajstić information content (AvgIpc) is 2.68. The number of hydrogen-bond donors (Lipinski definition) is 1. The van der Waals surface area contributed by atoms with Gasteiger partial charge in [-0.25, -0.2) is 8.42 Å². The highest BCUT2D eigenvalue weighted by molar-refractivity contribution is 7.91. The van der Waals surface area contributed by atoms with Crippen LogP contribution in [0.2, 0.25) is 0 Å². The van der Waals surface area contributed by atoms with Crippen LogP contribution < -0.4 is 5.32 Å². The minimum atomic E-state index is -2.80. The summed E-state index contributed by atoms with van der Waals surface area (Å²) in [6, 6.07) is 0. The molecule has 1 fully saturated rings. The van der Waals surface area contributed by atoms with Gasteiger partial charge in [0.15, 0.2) is 9.84 Å².